The molecular formula is C30H50O. The van der Waals surface area contributed by atoms with E-state index in [1.807, 2.05) is 11.1 Å². The highest BCUT2D eigenvalue weighted by Crippen LogP contribution is 2.76. The molecule has 0 radical (unpaired) electrons. The van der Waals surface area contributed by atoms with Gasteiger partial charge in [0.15, 0.2) is 0 Å². The maximum Gasteiger partial charge on any atom is 0.0594 e. The topological polar surface area (TPSA) is 20.2 Å². The van der Waals surface area contributed by atoms with E-state index >= 15 is 0 Å². The molecule has 0 aromatic carbocycles. The second-order valence-corrected chi connectivity index (χ2v) is 14.7. The van der Waals surface area contributed by atoms with Crippen molar-refractivity contribution < 1.29 is 5.11 Å². The van der Waals surface area contributed by atoms with Crippen molar-refractivity contribution in [1.29, 1.82) is 0 Å². The Labute approximate surface area is 192 Å². The molecule has 0 aromatic heterocycles. The number of hydrogen-bond donors (Lipinski definition) is 1. The van der Waals surface area contributed by atoms with Crippen LogP contribution in [0.15, 0.2) is 11.1 Å². The van der Waals surface area contributed by atoms with E-state index in [4.69, 9.17) is 0 Å². The first-order chi connectivity index (χ1) is 14.3. The first kappa shape index (κ1) is 22.5. The highest BCUT2D eigenvalue weighted by Gasteiger charge is 2.67. The summed E-state index contributed by atoms with van der Waals surface area (Å²) in [5, 5.41) is 10.9. The molecule has 5 aliphatic rings. The van der Waals surface area contributed by atoms with Crippen molar-refractivity contribution in [2.24, 2.45) is 50.7 Å². The Morgan fingerprint density at radius 1 is 0.774 bits per heavy atom. The van der Waals surface area contributed by atoms with Gasteiger partial charge in [0.05, 0.1) is 6.10 Å². The Morgan fingerprint density at radius 3 is 2.16 bits per heavy atom. The molecule has 3 saturated carbocycles. The van der Waals surface area contributed by atoms with Gasteiger partial charge in [-0.25, -0.2) is 0 Å². The van der Waals surface area contributed by atoms with Crippen LogP contribution in [-0.4, -0.2) is 11.2 Å². The third-order valence-corrected chi connectivity index (χ3v) is 13.0. The van der Waals surface area contributed by atoms with Crippen LogP contribution in [0.5, 0.6) is 0 Å². The third-order valence-electron chi connectivity index (χ3n) is 13.0. The van der Waals surface area contributed by atoms with E-state index in [1.54, 1.807) is 0 Å². The second kappa shape index (κ2) is 6.64. The zero-order valence-electron chi connectivity index (χ0n) is 21.9. The minimum atomic E-state index is -0.127. The molecule has 1 nitrogen and oxygen atoms in total. The third kappa shape index (κ3) is 2.65. The van der Waals surface area contributed by atoms with Crippen LogP contribution in [0.25, 0.3) is 0 Å². The van der Waals surface area contributed by atoms with E-state index in [1.165, 1.54) is 57.8 Å². The fourth-order valence-corrected chi connectivity index (χ4v) is 11.0. The van der Waals surface area contributed by atoms with Gasteiger partial charge < -0.3 is 5.11 Å². The number of aliphatic hydroxyl groups excluding tert-OH is 1. The number of allylic oxidation sites excluding steroid dienone is 2. The number of fused-ring (bicyclic) bond motifs is 6. The van der Waals surface area contributed by atoms with Crippen molar-refractivity contribution in [3.05, 3.63) is 11.1 Å². The average molecular weight is 427 g/mol. The van der Waals surface area contributed by atoms with Gasteiger partial charge in [-0.2, -0.15) is 0 Å². The standard InChI is InChI=1S/C30H50O/c1-19(2)20-11-14-27(5)17-18-29(7)22-9-10-23-26(3,4)24(31)13-15-28(23,6)21(22)12-16-30(29,8)25(20)27/h19-20,23-25,31H,9-18H2,1-8H3. The normalized spacial score (nSPS) is 53.6. The van der Waals surface area contributed by atoms with Gasteiger partial charge in [-0.15, -0.1) is 0 Å². The smallest absolute Gasteiger partial charge is 0.0594 e. The fourth-order valence-electron chi connectivity index (χ4n) is 11.0. The molecule has 5 aliphatic carbocycles. The molecule has 8 unspecified atom stereocenters. The van der Waals surface area contributed by atoms with Crippen LogP contribution in [0.4, 0.5) is 0 Å². The van der Waals surface area contributed by atoms with E-state index in [2.05, 4.69) is 55.4 Å². The molecule has 0 heterocycles. The zero-order chi connectivity index (χ0) is 22.6. The van der Waals surface area contributed by atoms with Gasteiger partial charge in [-0.3, -0.25) is 0 Å². The lowest BCUT2D eigenvalue weighted by atomic mass is 9.37. The second-order valence-electron chi connectivity index (χ2n) is 14.7. The molecule has 0 aliphatic heterocycles. The number of rotatable bonds is 1. The fraction of sp³-hybridized carbons (Fsp3) is 0.933. The van der Waals surface area contributed by atoms with Gasteiger partial charge in [0.2, 0.25) is 0 Å². The van der Waals surface area contributed by atoms with E-state index in [-0.39, 0.29) is 11.5 Å². The van der Waals surface area contributed by atoms with Crippen LogP contribution in [0.2, 0.25) is 0 Å². The predicted octanol–water partition coefficient (Wildman–Crippen LogP) is 8.17. The first-order valence-corrected chi connectivity index (χ1v) is 13.7. The van der Waals surface area contributed by atoms with Gasteiger partial charge in [0.25, 0.3) is 0 Å². The van der Waals surface area contributed by atoms with Crippen LogP contribution in [0, 0.1) is 50.7 Å². The Balaban J connectivity index is 1.61. The van der Waals surface area contributed by atoms with Gasteiger partial charge in [0, 0.05) is 0 Å². The monoisotopic (exact) mass is 426 g/mol. The summed E-state index contributed by atoms with van der Waals surface area (Å²) >= 11 is 0. The lowest BCUT2D eigenvalue weighted by Crippen LogP contribution is -2.59. The molecule has 0 amide bonds. The molecule has 0 bridgehead atoms. The summed E-state index contributed by atoms with van der Waals surface area (Å²) < 4.78 is 0. The summed E-state index contributed by atoms with van der Waals surface area (Å²) in [5.41, 5.74) is 5.54. The summed E-state index contributed by atoms with van der Waals surface area (Å²) in [5.74, 6) is 3.25. The van der Waals surface area contributed by atoms with Gasteiger partial charge in [-0.1, -0.05) is 66.5 Å². The predicted molar refractivity (Wildman–Crippen MR) is 131 cm³/mol. The largest absolute Gasteiger partial charge is 0.393 e. The summed E-state index contributed by atoms with van der Waals surface area (Å²) in [6, 6.07) is 0. The Morgan fingerprint density at radius 2 is 1.48 bits per heavy atom. The minimum absolute atomic E-state index is 0.0481. The summed E-state index contributed by atoms with van der Waals surface area (Å²) in [6.45, 7) is 20.4. The minimum Gasteiger partial charge on any atom is -0.393 e. The molecule has 5 rings (SSSR count). The molecule has 8 atom stereocenters. The van der Waals surface area contributed by atoms with Crippen molar-refractivity contribution in [2.75, 3.05) is 0 Å². The van der Waals surface area contributed by atoms with E-state index in [0.29, 0.717) is 27.6 Å². The molecule has 0 aromatic rings. The van der Waals surface area contributed by atoms with Crippen molar-refractivity contribution in [1.82, 2.24) is 0 Å². The van der Waals surface area contributed by atoms with Gasteiger partial charge >= 0.3 is 0 Å². The number of hydrogen-bond acceptors (Lipinski definition) is 1. The highest BCUT2D eigenvalue weighted by molar-refractivity contribution is 5.39. The van der Waals surface area contributed by atoms with Gasteiger partial charge in [-0.05, 0) is 115 Å². The molecule has 0 spiro atoms. The molecule has 1 heteroatoms. The maximum atomic E-state index is 10.9. The van der Waals surface area contributed by atoms with Crippen LogP contribution in [0.1, 0.15) is 120 Å². The van der Waals surface area contributed by atoms with Gasteiger partial charge in [0.1, 0.15) is 0 Å². The first-order valence-electron chi connectivity index (χ1n) is 13.7. The van der Waals surface area contributed by atoms with E-state index in [9.17, 15) is 5.11 Å². The van der Waals surface area contributed by atoms with Crippen LogP contribution >= 0.6 is 0 Å². The zero-order valence-corrected chi connectivity index (χ0v) is 21.9. The lowest BCUT2D eigenvalue weighted by Gasteiger charge is -2.67. The molecule has 31 heavy (non-hydrogen) atoms. The molecule has 3 fully saturated rings. The molecular weight excluding hydrogens is 376 g/mol. The Kier molecular flexibility index (Phi) is 4.82. The van der Waals surface area contributed by atoms with Crippen molar-refractivity contribution in [2.45, 2.75) is 126 Å². The van der Waals surface area contributed by atoms with E-state index < -0.39 is 0 Å². The molecule has 1 N–H and O–H groups in total. The summed E-state index contributed by atoms with van der Waals surface area (Å²) in [4.78, 5) is 0. The highest BCUT2D eigenvalue weighted by atomic mass is 16.3. The van der Waals surface area contributed by atoms with Crippen molar-refractivity contribution in [3.8, 4) is 0 Å². The number of aliphatic hydroxyl groups is 1. The van der Waals surface area contributed by atoms with Crippen molar-refractivity contribution >= 4 is 0 Å². The molecule has 0 saturated heterocycles. The average Bonchev–Trinajstić information content (AvgIpc) is 3.06. The van der Waals surface area contributed by atoms with Crippen LogP contribution in [-0.2, 0) is 0 Å². The Hall–Kier alpha value is -0.300. The maximum absolute atomic E-state index is 10.9. The SMILES string of the molecule is CC(C)C1CCC2(C)CCC3(C)C4=C(CCC3(C)C12)C1(C)CCC(O)C(C)(C)C1CC4. The van der Waals surface area contributed by atoms with Crippen LogP contribution in [0.3, 0.4) is 0 Å². The summed E-state index contributed by atoms with van der Waals surface area (Å²) in [6.07, 6.45) is 13.2. The molecule has 176 valence electrons. The van der Waals surface area contributed by atoms with Crippen LogP contribution < -0.4 is 0 Å². The van der Waals surface area contributed by atoms with Crippen molar-refractivity contribution in [3.63, 3.8) is 0 Å². The summed E-state index contributed by atoms with van der Waals surface area (Å²) in [7, 11) is 0. The lowest BCUT2D eigenvalue weighted by molar-refractivity contribution is -0.130. The quantitative estimate of drug-likeness (QED) is 0.419. The Bertz CT molecular complexity index is 790. The van der Waals surface area contributed by atoms with E-state index in [0.717, 1.165) is 24.2 Å².